The van der Waals surface area contributed by atoms with Crippen LogP contribution in [0.2, 0.25) is 0 Å². The van der Waals surface area contributed by atoms with Crippen molar-refractivity contribution in [2.24, 2.45) is 0 Å². The topological polar surface area (TPSA) is 78.9 Å². The van der Waals surface area contributed by atoms with Gasteiger partial charge in [0.25, 0.3) is 0 Å². The summed E-state index contributed by atoms with van der Waals surface area (Å²) in [4.78, 5) is 38.0. The number of carbonyl (C=O) groups is 3. The van der Waals surface area contributed by atoms with E-state index in [1.807, 2.05) is 12.2 Å². The SMILES string of the molecule is CC/C=C\C/C=C\C/C=C\C/C=C\C/C=C\C/C=C\CCCCC(=O)OCC(COC(=O)CCCCCCCCCCCCC)OC(=O)CC/C=C\C/C=C\C/C=C\C/C=C\C/C=C\C/C=C\CC. The zero-order chi connectivity index (χ0) is 50.0. The maximum absolute atomic E-state index is 12.8. The molecular formula is C63H98O6. The Morgan fingerprint density at radius 2 is 0.594 bits per heavy atom. The lowest BCUT2D eigenvalue weighted by atomic mass is 10.1. The third-order valence-corrected chi connectivity index (χ3v) is 10.9. The van der Waals surface area contributed by atoms with Crippen LogP contribution in [-0.4, -0.2) is 37.2 Å². The molecule has 0 radical (unpaired) electrons. The molecule has 69 heavy (non-hydrogen) atoms. The molecule has 1 unspecified atom stereocenters. The number of rotatable bonds is 47. The first-order valence-electron chi connectivity index (χ1n) is 27.3. The van der Waals surface area contributed by atoms with Crippen LogP contribution in [-0.2, 0) is 28.6 Å². The molecule has 386 valence electrons. The molecule has 0 fully saturated rings. The number of allylic oxidation sites excluding steroid dienone is 24. The molecule has 0 heterocycles. The maximum Gasteiger partial charge on any atom is 0.306 e. The number of ether oxygens (including phenoxy) is 3. The summed E-state index contributed by atoms with van der Waals surface area (Å²) in [6.07, 6.45) is 79.9. The number of unbranched alkanes of at least 4 members (excludes halogenated alkanes) is 12. The van der Waals surface area contributed by atoms with Gasteiger partial charge >= 0.3 is 17.9 Å². The van der Waals surface area contributed by atoms with E-state index in [9.17, 15) is 14.4 Å². The molecule has 0 aliphatic rings. The van der Waals surface area contributed by atoms with Crippen molar-refractivity contribution in [2.75, 3.05) is 13.2 Å². The fourth-order valence-electron chi connectivity index (χ4n) is 6.82. The summed E-state index contributed by atoms with van der Waals surface area (Å²) in [7, 11) is 0. The molecule has 1 atom stereocenters. The molecule has 0 saturated heterocycles. The minimum absolute atomic E-state index is 0.127. The summed E-state index contributed by atoms with van der Waals surface area (Å²) < 4.78 is 16.7. The molecule has 0 amide bonds. The quantitative estimate of drug-likeness (QED) is 0.0262. The molecule has 0 N–H and O–H groups in total. The van der Waals surface area contributed by atoms with Crippen LogP contribution in [0.4, 0.5) is 0 Å². The zero-order valence-corrected chi connectivity index (χ0v) is 44.0. The third kappa shape index (κ3) is 54.1. The van der Waals surface area contributed by atoms with Crippen molar-refractivity contribution >= 4 is 17.9 Å². The van der Waals surface area contributed by atoms with Crippen LogP contribution in [0.15, 0.2) is 146 Å². The predicted octanol–water partition coefficient (Wildman–Crippen LogP) is 18.4. The van der Waals surface area contributed by atoms with Gasteiger partial charge in [0, 0.05) is 19.3 Å². The Kier molecular flexibility index (Phi) is 52.1. The Labute approximate surface area is 423 Å². The van der Waals surface area contributed by atoms with Crippen molar-refractivity contribution in [1.29, 1.82) is 0 Å². The van der Waals surface area contributed by atoms with Gasteiger partial charge < -0.3 is 14.2 Å². The molecule has 0 saturated carbocycles. The van der Waals surface area contributed by atoms with Crippen LogP contribution in [0.3, 0.4) is 0 Å². The van der Waals surface area contributed by atoms with E-state index >= 15 is 0 Å². The van der Waals surface area contributed by atoms with Gasteiger partial charge in [0.15, 0.2) is 6.10 Å². The van der Waals surface area contributed by atoms with Gasteiger partial charge in [-0.1, -0.05) is 231 Å². The second kappa shape index (κ2) is 55.9. The van der Waals surface area contributed by atoms with E-state index in [1.165, 1.54) is 51.4 Å². The smallest absolute Gasteiger partial charge is 0.306 e. The predicted molar refractivity (Wildman–Crippen MR) is 297 cm³/mol. The summed E-state index contributed by atoms with van der Waals surface area (Å²) in [5.74, 6) is -1.07. The van der Waals surface area contributed by atoms with Gasteiger partial charge in [-0.25, -0.2) is 0 Å². The first-order chi connectivity index (χ1) is 34.0. The fourth-order valence-corrected chi connectivity index (χ4v) is 6.82. The lowest BCUT2D eigenvalue weighted by molar-refractivity contribution is -0.166. The Morgan fingerprint density at radius 1 is 0.304 bits per heavy atom. The Bertz CT molecular complexity index is 1560. The molecule has 0 spiro atoms. The molecule has 0 aromatic rings. The Morgan fingerprint density at radius 3 is 0.942 bits per heavy atom. The number of hydrogen-bond acceptors (Lipinski definition) is 6. The van der Waals surface area contributed by atoms with Crippen LogP contribution in [0.25, 0.3) is 0 Å². The monoisotopic (exact) mass is 951 g/mol. The van der Waals surface area contributed by atoms with Gasteiger partial charge in [0.2, 0.25) is 0 Å². The first-order valence-corrected chi connectivity index (χ1v) is 27.3. The van der Waals surface area contributed by atoms with Crippen LogP contribution < -0.4 is 0 Å². The second-order valence-electron chi connectivity index (χ2n) is 17.4. The highest BCUT2D eigenvalue weighted by molar-refractivity contribution is 5.71. The Hall–Kier alpha value is -4.71. The van der Waals surface area contributed by atoms with E-state index in [1.54, 1.807) is 0 Å². The minimum atomic E-state index is -0.841. The maximum atomic E-state index is 12.8. The first kappa shape index (κ1) is 64.3. The summed E-state index contributed by atoms with van der Waals surface area (Å²) in [5.41, 5.74) is 0. The summed E-state index contributed by atoms with van der Waals surface area (Å²) in [5, 5.41) is 0. The molecular weight excluding hydrogens is 853 g/mol. The second-order valence-corrected chi connectivity index (χ2v) is 17.4. The normalized spacial score (nSPS) is 13.3. The molecule has 0 aliphatic heterocycles. The average molecular weight is 951 g/mol. The van der Waals surface area contributed by atoms with Gasteiger partial charge in [-0.2, -0.15) is 0 Å². The van der Waals surface area contributed by atoms with Gasteiger partial charge in [0.1, 0.15) is 13.2 Å². The molecule has 6 heteroatoms. The van der Waals surface area contributed by atoms with Crippen molar-refractivity contribution in [3.8, 4) is 0 Å². The highest BCUT2D eigenvalue weighted by atomic mass is 16.6. The van der Waals surface area contributed by atoms with Crippen molar-refractivity contribution in [3.63, 3.8) is 0 Å². The van der Waals surface area contributed by atoms with E-state index in [0.717, 1.165) is 109 Å². The number of hydrogen-bond donors (Lipinski definition) is 0. The van der Waals surface area contributed by atoms with Gasteiger partial charge in [-0.3, -0.25) is 14.4 Å². The molecule has 0 aromatic carbocycles. The summed E-state index contributed by atoms with van der Waals surface area (Å²) in [6, 6.07) is 0. The lowest BCUT2D eigenvalue weighted by Gasteiger charge is -2.18. The van der Waals surface area contributed by atoms with Crippen LogP contribution in [0, 0.1) is 0 Å². The molecule has 0 bridgehead atoms. The van der Waals surface area contributed by atoms with Gasteiger partial charge in [-0.05, 0) is 109 Å². The average Bonchev–Trinajstić information content (AvgIpc) is 3.35. The Balaban J connectivity index is 4.58. The van der Waals surface area contributed by atoms with Crippen LogP contribution >= 0.6 is 0 Å². The lowest BCUT2D eigenvalue weighted by Crippen LogP contribution is -2.30. The van der Waals surface area contributed by atoms with E-state index in [4.69, 9.17) is 14.2 Å². The number of esters is 3. The largest absolute Gasteiger partial charge is 0.462 e. The van der Waals surface area contributed by atoms with Gasteiger partial charge in [0.05, 0.1) is 0 Å². The van der Waals surface area contributed by atoms with Crippen LogP contribution in [0.1, 0.15) is 213 Å². The number of carbonyl (C=O) groups excluding carboxylic acids is 3. The highest BCUT2D eigenvalue weighted by Crippen LogP contribution is 2.13. The van der Waals surface area contributed by atoms with Crippen LogP contribution in [0.5, 0.6) is 0 Å². The van der Waals surface area contributed by atoms with Crippen molar-refractivity contribution < 1.29 is 28.6 Å². The minimum Gasteiger partial charge on any atom is -0.462 e. The fraction of sp³-hybridized carbons (Fsp3) is 0.571. The van der Waals surface area contributed by atoms with Crippen molar-refractivity contribution in [2.45, 2.75) is 219 Å². The standard InChI is InChI=1S/C63H98O6/c1-4-7-10-13-16-19-22-24-26-28-30-31-33-34-36-38-41-44-47-50-53-56-62(65)68-59-60(58-67-61(64)55-52-49-46-43-40-21-18-15-12-9-6-3)69-63(66)57-54-51-48-45-42-39-37-35-32-29-27-25-23-20-17-14-11-8-5-2/h7-8,10-11,16-17,19-20,24-27,30-32,34-36,39,41-42,44,48,51,60H,4-6,9,12-15,18,21-23,28-29,33,37-38,40,43,45-47,49-50,52-59H2,1-3H3/b10-7-,11-8-,19-16-,20-17-,26-24-,27-25-,31-30-,35-32-,36-34-,42-39-,44-41-,51-48-. The summed E-state index contributed by atoms with van der Waals surface area (Å²) >= 11 is 0. The van der Waals surface area contributed by atoms with E-state index in [0.29, 0.717) is 19.3 Å². The van der Waals surface area contributed by atoms with Crippen molar-refractivity contribution in [3.05, 3.63) is 146 Å². The van der Waals surface area contributed by atoms with E-state index in [2.05, 4.69) is 154 Å². The molecule has 0 aliphatic carbocycles. The van der Waals surface area contributed by atoms with E-state index < -0.39 is 12.1 Å². The highest BCUT2D eigenvalue weighted by Gasteiger charge is 2.19. The van der Waals surface area contributed by atoms with Crippen molar-refractivity contribution in [1.82, 2.24) is 0 Å². The molecule has 6 nitrogen and oxygen atoms in total. The van der Waals surface area contributed by atoms with E-state index in [-0.39, 0.29) is 38.0 Å². The third-order valence-electron chi connectivity index (χ3n) is 10.9. The zero-order valence-electron chi connectivity index (χ0n) is 44.0. The molecule has 0 rings (SSSR count). The van der Waals surface area contributed by atoms with Gasteiger partial charge in [-0.15, -0.1) is 0 Å². The molecule has 0 aromatic heterocycles. The summed E-state index contributed by atoms with van der Waals surface area (Å²) in [6.45, 7) is 6.28.